The van der Waals surface area contributed by atoms with Crippen LogP contribution in [0.15, 0.2) is 36.7 Å². The van der Waals surface area contributed by atoms with Crippen molar-refractivity contribution in [3.05, 3.63) is 48.3 Å². The molecular formula is C19H23FN4O2. The first-order valence-electron chi connectivity index (χ1n) is 8.73. The fourth-order valence-electron chi connectivity index (χ4n) is 3.30. The van der Waals surface area contributed by atoms with Crippen LogP contribution in [0.5, 0.6) is 0 Å². The van der Waals surface area contributed by atoms with Crippen LogP contribution in [0.1, 0.15) is 18.7 Å². The monoisotopic (exact) mass is 358 g/mol. The SMILES string of the molecule is CN(CCCc1nccn1C)C(=O)[C@H]1CC(=O)N(c2cccc(F)c2)C1. The van der Waals surface area contributed by atoms with E-state index in [0.717, 1.165) is 18.7 Å². The highest BCUT2D eigenvalue weighted by Crippen LogP contribution is 2.26. The average molecular weight is 358 g/mol. The molecule has 6 nitrogen and oxygen atoms in total. The van der Waals surface area contributed by atoms with Gasteiger partial charge in [-0.1, -0.05) is 6.07 Å². The Morgan fingerprint density at radius 1 is 1.42 bits per heavy atom. The van der Waals surface area contributed by atoms with Crippen molar-refractivity contribution in [1.29, 1.82) is 0 Å². The predicted octanol–water partition coefficient (Wildman–Crippen LogP) is 2.00. The number of amides is 2. The second-order valence-corrected chi connectivity index (χ2v) is 6.70. The van der Waals surface area contributed by atoms with Gasteiger partial charge in [-0.15, -0.1) is 0 Å². The molecule has 138 valence electrons. The summed E-state index contributed by atoms with van der Waals surface area (Å²) in [6.07, 6.45) is 5.42. The Bertz CT molecular complexity index is 804. The van der Waals surface area contributed by atoms with E-state index in [-0.39, 0.29) is 24.2 Å². The van der Waals surface area contributed by atoms with E-state index < -0.39 is 5.82 Å². The van der Waals surface area contributed by atoms with Gasteiger partial charge in [0, 0.05) is 58.1 Å². The molecule has 1 aromatic carbocycles. The first-order chi connectivity index (χ1) is 12.5. The van der Waals surface area contributed by atoms with E-state index >= 15 is 0 Å². The van der Waals surface area contributed by atoms with Gasteiger partial charge in [0.05, 0.1) is 5.92 Å². The Morgan fingerprint density at radius 3 is 2.92 bits per heavy atom. The molecule has 26 heavy (non-hydrogen) atoms. The van der Waals surface area contributed by atoms with Crippen molar-refractivity contribution in [2.75, 3.05) is 25.0 Å². The van der Waals surface area contributed by atoms with Gasteiger partial charge in [0.15, 0.2) is 0 Å². The molecule has 0 spiro atoms. The van der Waals surface area contributed by atoms with Gasteiger partial charge in [-0.3, -0.25) is 9.59 Å². The van der Waals surface area contributed by atoms with Crippen LogP contribution in [0.2, 0.25) is 0 Å². The van der Waals surface area contributed by atoms with Crippen LogP contribution in [-0.2, 0) is 23.1 Å². The maximum atomic E-state index is 13.4. The number of halogens is 1. The molecule has 1 saturated heterocycles. The molecule has 0 radical (unpaired) electrons. The fourth-order valence-corrected chi connectivity index (χ4v) is 3.30. The second kappa shape index (κ2) is 7.68. The fraction of sp³-hybridized carbons (Fsp3) is 0.421. The van der Waals surface area contributed by atoms with Crippen molar-refractivity contribution < 1.29 is 14.0 Å². The van der Waals surface area contributed by atoms with Gasteiger partial charge in [-0.25, -0.2) is 9.37 Å². The number of imidazole rings is 1. The number of anilines is 1. The molecule has 0 unspecified atom stereocenters. The lowest BCUT2D eigenvalue weighted by atomic mass is 10.1. The summed E-state index contributed by atoms with van der Waals surface area (Å²) in [6.45, 7) is 0.904. The van der Waals surface area contributed by atoms with Crippen LogP contribution < -0.4 is 4.90 Å². The summed E-state index contributed by atoms with van der Waals surface area (Å²) < 4.78 is 15.4. The van der Waals surface area contributed by atoms with Gasteiger partial charge in [0.1, 0.15) is 11.6 Å². The van der Waals surface area contributed by atoms with E-state index in [2.05, 4.69) is 4.98 Å². The molecule has 2 amide bonds. The molecule has 1 aliphatic rings. The van der Waals surface area contributed by atoms with Crippen LogP contribution >= 0.6 is 0 Å². The molecule has 1 aliphatic heterocycles. The lowest BCUT2D eigenvalue weighted by Crippen LogP contribution is -2.35. The normalized spacial score (nSPS) is 17.0. The number of carbonyl (C=O) groups is 2. The lowest BCUT2D eigenvalue weighted by Gasteiger charge is -2.21. The molecular weight excluding hydrogens is 335 g/mol. The van der Waals surface area contributed by atoms with E-state index in [1.807, 2.05) is 17.8 Å². The highest BCUT2D eigenvalue weighted by atomic mass is 19.1. The maximum Gasteiger partial charge on any atom is 0.227 e. The Morgan fingerprint density at radius 2 is 2.23 bits per heavy atom. The highest BCUT2D eigenvalue weighted by Gasteiger charge is 2.36. The molecule has 7 heteroatoms. The number of aromatic nitrogens is 2. The van der Waals surface area contributed by atoms with Crippen molar-refractivity contribution in [2.24, 2.45) is 13.0 Å². The molecule has 1 atom stereocenters. The quantitative estimate of drug-likeness (QED) is 0.794. The van der Waals surface area contributed by atoms with E-state index in [4.69, 9.17) is 0 Å². The van der Waals surface area contributed by atoms with Crippen LogP contribution in [0.25, 0.3) is 0 Å². The minimum absolute atomic E-state index is 0.0444. The second-order valence-electron chi connectivity index (χ2n) is 6.70. The van der Waals surface area contributed by atoms with Crippen molar-refractivity contribution in [3.63, 3.8) is 0 Å². The number of aryl methyl sites for hydroxylation is 2. The highest BCUT2D eigenvalue weighted by molar-refractivity contribution is 6.00. The Labute approximate surface area is 152 Å². The van der Waals surface area contributed by atoms with Crippen molar-refractivity contribution in [2.45, 2.75) is 19.3 Å². The minimum Gasteiger partial charge on any atom is -0.345 e. The topological polar surface area (TPSA) is 58.4 Å². The van der Waals surface area contributed by atoms with Gasteiger partial charge < -0.3 is 14.4 Å². The number of benzene rings is 1. The van der Waals surface area contributed by atoms with Gasteiger partial charge >= 0.3 is 0 Å². The summed E-state index contributed by atoms with van der Waals surface area (Å²) in [5.41, 5.74) is 0.503. The Balaban J connectivity index is 1.54. The van der Waals surface area contributed by atoms with Gasteiger partial charge in [-0.05, 0) is 24.6 Å². The van der Waals surface area contributed by atoms with Crippen LogP contribution in [0, 0.1) is 11.7 Å². The van der Waals surface area contributed by atoms with E-state index in [1.54, 1.807) is 30.3 Å². The smallest absolute Gasteiger partial charge is 0.227 e. The average Bonchev–Trinajstić information content (AvgIpc) is 3.20. The standard InChI is InChI=1S/C19H23FN4O2/c1-22-10-8-21-17(22)7-4-9-23(2)19(26)14-11-18(25)24(13-14)16-6-3-5-15(20)12-16/h3,5-6,8,10,12,14H,4,7,9,11,13H2,1-2H3/t14-/m0/s1. The van der Waals surface area contributed by atoms with Crippen molar-refractivity contribution in [3.8, 4) is 0 Å². The summed E-state index contributed by atoms with van der Waals surface area (Å²) in [6, 6.07) is 5.91. The molecule has 2 aromatic rings. The largest absolute Gasteiger partial charge is 0.345 e. The molecule has 0 saturated carbocycles. The zero-order chi connectivity index (χ0) is 18.7. The zero-order valence-corrected chi connectivity index (χ0v) is 15.1. The van der Waals surface area contributed by atoms with Crippen molar-refractivity contribution in [1.82, 2.24) is 14.5 Å². The van der Waals surface area contributed by atoms with E-state index in [1.165, 1.54) is 17.0 Å². The zero-order valence-electron chi connectivity index (χ0n) is 15.1. The van der Waals surface area contributed by atoms with E-state index in [9.17, 15) is 14.0 Å². The third kappa shape index (κ3) is 3.92. The number of hydrogen-bond donors (Lipinski definition) is 0. The molecule has 0 N–H and O–H groups in total. The Kier molecular flexibility index (Phi) is 5.35. The summed E-state index contributed by atoms with van der Waals surface area (Å²) >= 11 is 0. The summed E-state index contributed by atoms with van der Waals surface area (Å²) in [4.78, 5) is 32.3. The van der Waals surface area contributed by atoms with Crippen LogP contribution in [0.3, 0.4) is 0 Å². The summed E-state index contributed by atoms with van der Waals surface area (Å²) in [5.74, 6) is 0.0204. The maximum absolute atomic E-state index is 13.4. The molecule has 3 rings (SSSR count). The first kappa shape index (κ1) is 18.1. The van der Waals surface area contributed by atoms with Crippen LogP contribution in [-0.4, -0.2) is 46.4 Å². The van der Waals surface area contributed by atoms with Gasteiger partial charge in [0.2, 0.25) is 11.8 Å². The van der Waals surface area contributed by atoms with E-state index in [0.29, 0.717) is 18.8 Å². The summed E-state index contributed by atoms with van der Waals surface area (Å²) in [7, 11) is 3.71. The third-order valence-corrected chi connectivity index (χ3v) is 4.79. The number of nitrogens with zero attached hydrogens (tertiary/aromatic N) is 4. The van der Waals surface area contributed by atoms with Crippen LogP contribution in [0.4, 0.5) is 10.1 Å². The van der Waals surface area contributed by atoms with Gasteiger partial charge in [0.25, 0.3) is 0 Å². The summed E-state index contributed by atoms with van der Waals surface area (Å²) in [5, 5.41) is 0. The molecule has 0 bridgehead atoms. The predicted molar refractivity (Wildman–Crippen MR) is 96.0 cm³/mol. The third-order valence-electron chi connectivity index (χ3n) is 4.79. The molecule has 1 fully saturated rings. The molecule has 1 aromatic heterocycles. The van der Waals surface area contributed by atoms with Gasteiger partial charge in [-0.2, -0.15) is 0 Å². The molecule has 0 aliphatic carbocycles. The van der Waals surface area contributed by atoms with Crippen molar-refractivity contribution >= 4 is 17.5 Å². The number of hydrogen-bond acceptors (Lipinski definition) is 3. The number of carbonyl (C=O) groups excluding carboxylic acids is 2. The minimum atomic E-state index is -0.392. The molecule has 2 heterocycles. The first-order valence-corrected chi connectivity index (χ1v) is 8.73. The number of rotatable bonds is 6. The lowest BCUT2D eigenvalue weighted by molar-refractivity contribution is -0.134. The Hall–Kier alpha value is -2.70.